The van der Waals surface area contributed by atoms with Crippen LogP contribution in [0.15, 0.2) is 30.5 Å². The van der Waals surface area contributed by atoms with Crippen LogP contribution in [0.25, 0.3) is 0 Å². The van der Waals surface area contributed by atoms with E-state index < -0.39 is 29.2 Å². The first-order chi connectivity index (χ1) is 16.8. The van der Waals surface area contributed by atoms with E-state index in [-0.39, 0.29) is 21.9 Å². The number of thioether (sulfide) groups is 3. The van der Waals surface area contributed by atoms with Gasteiger partial charge < -0.3 is 20.5 Å². The predicted molar refractivity (Wildman–Crippen MR) is 131 cm³/mol. The molecular formula is C17H17N7O6S5. The number of hydrogen-bond donors (Lipinski definition) is 4. The SMILES string of the molecule is CON=C(C(=O)N[C@@H]1C(=O)N2C(C(=O)O)=C(CSc3nnc(SC)s3)CS[C@@H]12)c1csc(=N)n1O. The fourth-order valence-corrected chi connectivity index (χ4v) is 7.82. The molecule has 2 aliphatic rings. The number of aliphatic carboxylic acids is 1. The van der Waals surface area contributed by atoms with Crippen molar-refractivity contribution in [2.24, 2.45) is 5.16 Å². The van der Waals surface area contributed by atoms with Crippen LogP contribution in [0.3, 0.4) is 0 Å². The lowest BCUT2D eigenvalue weighted by atomic mass is 10.0. The Morgan fingerprint density at radius 2 is 2.14 bits per heavy atom. The normalized spacial score (nSPS) is 19.9. The number of aromatic nitrogens is 3. The molecule has 0 aliphatic carbocycles. The summed E-state index contributed by atoms with van der Waals surface area (Å²) in [5, 5.41) is 42.4. The summed E-state index contributed by atoms with van der Waals surface area (Å²) >= 11 is 6.44. The Morgan fingerprint density at radius 1 is 1.40 bits per heavy atom. The van der Waals surface area contributed by atoms with Gasteiger partial charge in [0.15, 0.2) is 14.4 Å². The van der Waals surface area contributed by atoms with Crippen molar-refractivity contribution < 1.29 is 29.5 Å². The average Bonchev–Trinajstić information content (AvgIpc) is 3.44. The molecule has 18 heteroatoms. The van der Waals surface area contributed by atoms with Crippen LogP contribution in [0, 0.1) is 5.41 Å². The van der Waals surface area contributed by atoms with Crippen molar-refractivity contribution in [1.29, 1.82) is 5.41 Å². The first kappa shape index (κ1) is 25.5. The largest absolute Gasteiger partial charge is 0.477 e. The lowest BCUT2D eigenvalue weighted by Crippen LogP contribution is -2.71. The van der Waals surface area contributed by atoms with Crippen LogP contribution in [0.4, 0.5) is 0 Å². The van der Waals surface area contributed by atoms with Gasteiger partial charge in [0.05, 0.1) is 0 Å². The molecule has 0 radical (unpaired) electrons. The van der Waals surface area contributed by atoms with Gasteiger partial charge in [-0.1, -0.05) is 40.0 Å². The van der Waals surface area contributed by atoms with Gasteiger partial charge in [-0.05, 0) is 11.8 Å². The van der Waals surface area contributed by atoms with Crippen molar-refractivity contribution >= 4 is 81.5 Å². The van der Waals surface area contributed by atoms with Crippen LogP contribution in [-0.2, 0) is 19.2 Å². The van der Waals surface area contributed by atoms with Crippen LogP contribution < -0.4 is 10.1 Å². The second-order valence-electron chi connectivity index (χ2n) is 6.81. The Bertz CT molecular complexity index is 1300. The van der Waals surface area contributed by atoms with Gasteiger partial charge in [0.2, 0.25) is 4.80 Å². The van der Waals surface area contributed by atoms with Crippen molar-refractivity contribution in [2.45, 2.75) is 20.1 Å². The number of nitrogens with zero attached hydrogens (tertiary/aromatic N) is 5. The van der Waals surface area contributed by atoms with Gasteiger partial charge in [0.25, 0.3) is 11.8 Å². The molecule has 4 heterocycles. The third-order valence-corrected chi connectivity index (χ3v) is 10.0. The van der Waals surface area contributed by atoms with E-state index in [1.54, 1.807) is 0 Å². The summed E-state index contributed by atoms with van der Waals surface area (Å²) in [7, 11) is 1.21. The highest BCUT2D eigenvalue weighted by Crippen LogP contribution is 2.42. The maximum Gasteiger partial charge on any atom is 0.352 e. The number of carboxylic acids is 1. The van der Waals surface area contributed by atoms with E-state index >= 15 is 0 Å². The minimum atomic E-state index is -1.23. The molecule has 0 saturated carbocycles. The number of β-lactam (4-membered cyclic amide) rings is 1. The lowest BCUT2D eigenvalue weighted by molar-refractivity contribution is -0.150. The Kier molecular flexibility index (Phi) is 7.74. The van der Waals surface area contributed by atoms with Gasteiger partial charge in [-0.15, -0.1) is 33.3 Å². The number of carboxylic acid groups (broad SMARTS) is 1. The summed E-state index contributed by atoms with van der Waals surface area (Å²) < 4.78 is 1.98. The molecule has 0 aromatic carbocycles. The van der Waals surface area contributed by atoms with E-state index in [1.165, 1.54) is 64.0 Å². The van der Waals surface area contributed by atoms with Crippen molar-refractivity contribution in [3.63, 3.8) is 0 Å². The monoisotopic (exact) mass is 575 g/mol. The number of fused-ring (bicyclic) bond motifs is 1. The smallest absolute Gasteiger partial charge is 0.352 e. The molecule has 1 fully saturated rings. The molecule has 4 N–H and O–H groups in total. The van der Waals surface area contributed by atoms with Gasteiger partial charge in [-0.2, -0.15) is 4.73 Å². The second kappa shape index (κ2) is 10.6. The van der Waals surface area contributed by atoms with Crippen molar-refractivity contribution in [3.05, 3.63) is 27.1 Å². The third kappa shape index (κ3) is 4.92. The minimum Gasteiger partial charge on any atom is -0.477 e. The second-order valence-corrected chi connectivity index (χ2v) is 12.0. The zero-order valence-corrected chi connectivity index (χ0v) is 22.0. The van der Waals surface area contributed by atoms with Gasteiger partial charge in [-0.3, -0.25) is 19.9 Å². The van der Waals surface area contributed by atoms with Gasteiger partial charge in [0, 0.05) is 16.9 Å². The fraction of sp³-hybridized carbons (Fsp3) is 0.353. The molecule has 0 spiro atoms. The number of thiazole rings is 1. The van der Waals surface area contributed by atoms with Gasteiger partial charge >= 0.3 is 5.97 Å². The number of rotatable bonds is 9. The van der Waals surface area contributed by atoms with Crippen LogP contribution in [0.2, 0.25) is 0 Å². The first-order valence-corrected chi connectivity index (χ1v) is 14.5. The number of oxime groups is 1. The number of nitrogens with one attached hydrogen (secondary N) is 2. The van der Waals surface area contributed by atoms with E-state index in [0.29, 0.717) is 26.1 Å². The lowest BCUT2D eigenvalue weighted by Gasteiger charge is -2.49. The van der Waals surface area contributed by atoms with E-state index in [4.69, 9.17) is 10.2 Å². The average molecular weight is 576 g/mol. The third-order valence-electron chi connectivity index (χ3n) is 4.81. The molecule has 2 amide bonds. The summed E-state index contributed by atoms with van der Waals surface area (Å²) in [5.41, 5.74) is 0.0737. The molecule has 0 unspecified atom stereocenters. The summed E-state index contributed by atoms with van der Waals surface area (Å²) in [6.45, 7) is 0. The van der Waals surface area contributed by atoms with Crippen LogP contribution in [0.1, 0.15) is 5.69 Å². The van der Waals surface area contributed by atoms with Gasteiger partial charge in [-0.25, -0.2) is 4.79 Å². The highest BCUT2D eigenvalue weighted by atomic mass is 32.2. The highest BCUT2D eigenvalue weighted by molar-refractivity contribution is 8.03. The predicted octanol–water partition coefficient (Wildman–Crippen LogP) is 0.721. The van der Waals surface area contributed by atoms with E-state index in [9.17, 15) is 24.7 Å². The topological polar surface area (TPSA) is 183 Å². The summed E-state index contributed by atoms with van der Waals surface area (Å²) in [6.07, 6.45) is 1.89. The number of amides is 2. The summed E-state index contributed by atoms with van der Waals surface area (Å²) in [5.74, 6) is -1.92. The maximum absolute atomic E-state index is 12.9. The molecule has 186 valence electrons. The number of carbonyl (C=O) groups is 3. The molecule has 2 atom stereocenters. The van der Waals surface area contributed by atoms with E-state index in [2.05, 4.69) is 20.7 Å². The Labute approximate surface area is 218 Å². The molecule has 2 aliphatic heterocycles. The Balaban J connectivity index is 1.49. The standard InChI is InChI=1S/C17H17N7O6S5/c1-30-22-8(7-5-33-15(18)24(7)29)11(25)19-9-12(26)23-10(14(27)28)6(3-32-13(9)23)4-34-17-21-20-16(31-2)35-17/h5,9,13,18,29H,3-4H2,1-2H3,(H,19,25)(H,27,28)/t9-,13+/m1/s1. The van der Waals surface area contributed by atoms with E-state index in [1.807, 2.05) is 6.26 Å². The quantitative estimate of drug-likeness (QED) is 0.109. The molecule has 2 aromatic rings. The fourth-order valence-electron chi connectivity index (χ4n) is 3.26. The maximum atomic E-state index is 12.9. The zero-order valence-electron chi connectivity index (χ0n) is 18.0. The highest BCUT2D eigenvalue weighted by Gasteiger charge is 2.54. The van der Waals surface area contributed by atoms with Gasteiger partial charge in [0.1, 0.15) is 29.9 Å². The van der Waals surface area contributed by atoms with Crippen LogP contribution >= 0.6 is 58.0 Å². The molecule has 2 aromatic heterocycles. The number of carbonyl (C=O) groups excluding carboxylic acids is 2. The molecule has 0 bridgehead atoms. The van der Waals surface area contributed by atoms with Crippen molar-refractivity contribution in [1.82, 2.24) is 25.1 Å². The summed E-state index contributed by atoms with van der Waals surface area (Å²) in [6, 6.07) is -0.994. The Morgan fingerprint density at radius 3 is 2.74 bits per heavy atom. The minimum absolute atomic E-state index is 0.0778. The van der Waals surface area contributed by atoms with Crippen LogP contribution in [0.5, 0.6) is 0 Å². The van der Waals surface area contributed by atoms with Crippen molar-refractivity contribution in [3.8, 4) is 0 Å². The number of hydrogen-bond acceptors (Lipinski definition) is 14. The molecule has 4 rings (SSSR count). The molecule has 35 heavy (non-hydrogen) atoms. The molecule has 13 nitrogen and oxygen atoms in total. The molecular weight excluding hydrogens is 559 g/mol. The van der Waals surface area contributed by atoms with Crippen LogP contribution in [-0.4, -0.2) is 89.9 Å². The molecule has 1 saturated heterocycles. The zero-order chi connectivity index (χ0) is 25.3. The van der Waals surface area contributed by atoms with Crippen molar-refractivity contribution in [2.75, 3.05) is 24.9 Å². The summed E-state index contributed by atoms with van der Waals surface area (Å²) in [4.78, 5) is 43.4. The first-order valence-electron chi connectivity index (χ1n) is 9.53. The Hall–Kier alpha value is -2.54. The van der Waals surface area contributed by atoms with E-state index in [0.717, 1.165) is 15.7 Å².